The highest BCUT2D eigenvalue weighted by Crippen LogP contribution is 2.30. The number of hydrazine groups is 1. The first-order valence-electron chi connectivity index (χ1n) is 5.16. The molecule has 1 aromatic rings. The second kappa shape index (κ2) is 4.94. The average molecular weight is 264 g/mol. The van der Waals surface area contributed by atoms with E-state index < -0.39 is 11.9 Å². The first-order chi connectivity index (χ1) is 8.49. The lowest BCUT2D eigenvalue weighted by Crippen LogP contribution is -2.20. The Labute approximate surface area is 100 Å². The van der Waals surface area contributed by atoms with Crippen molar-refractivity contribution < 1.29 is 22.6 Å². The number of hydrogen-bond donors (Lipinski definition) is 2. The summed E-state index contributed by atoms with van der Waals surface area (Å²) in [6, 6.07) is 0.735. The van der Waals surface area contributed by atoms with E-state index in [4.69, 9.17) is 15.3 Å². The van der Waals surface area contributed by atoms with Crippen LogP contribution in [0, 0.1) is 0 Å². The molecule has 0 saturated carbocycles. The fourth-order valence-corrected chi connectivity index (χ4v) is 1.47. The number of rotatable bonds is 3. The summed E-state index contributed by atoms with van der Waals surface area (Å²) >= 11 is 0. The highest BCUT2D eigenvalue weighted by molar-refractivity contribution is 5.30. The van der Waals surface area contributed by atoms with Crippen molar-refractivity contribution in [2.24, 2.45) is 5.84 Å². The number of nitrogens with two attached hydrogens (primary N) is 1. The van der Waals surface area contributed by atoms with Crippen LogP contribution < -0.4 is 16.0 Å². The molecule has 1 unspecified atom stereocenters. The summed E-state index contributed by atoms with van der Waals surface area (Å²) in [4.78, 5) is 6.92. The molecule has 2 heterocycles. The Morgan fingerprint density at radius 1 is 1.44 bits per heavy atom. The quantitative estimate of drug-likeness (QED) is 0.624. The molecule has 0 radical (unpaired) electrons. The largest absolute Gasteiger partial charge is 0.472 e. The van der Waals surface area contributed by atoms with Gasteiger partial charge in [0.15, 0.2) is 5.69 Å². The van der Waals surface area contributed by atoms with Crippen LogP contribution in [-0.4, -0.2) is 29.3 Å². The van der Waals surface area contributed by atoms with Gasteiger partial charge in [-0.2, -0.15) is 18.2 Å². The molecule has 6 nitrogen and oxygen atoms in total. The Morgan fingerprint density at radius 3 is 2.78 bits per heavy atom. The van der Waals surface area contributed by atoms with Crippen molar-refractivity contribution in [3.8, 4) is 5.88 Å². The lowest BCUT2D eigenvalue weighted by atomic mass is 10.3. The van der Waals surface area contributed by atoms with Gasteiger partial charge in [-0.15, -0.1) is 0 Å². The van der Waals surface area contributed by atoms with Crippen molar-refractivity contribution in [2.45, 2.75) is 18.7 Å². The smallest absolute Gasteiger partial charge is 0.433 e. The molecule has 0 bridgehead atoms. The number of alkyl halides is 3. The van der Waals surface area contributed by atoms with E-state index in [0.29, 0.717) is 19.6 Å². The molecular formula is C9H11F3N4O2. The number of nitrogens with one attached hydrogen (secondary N) is 1. The van der Waals surface area contributed by atoms with Gasteiger partial charge in [-0.1, -0.05) is 0 Å². The van der Waals surface area contributed by atoms with Crippen molar-refractivity contribution in [2.75, 3.05) is 18.6 Å². The SMILES string of the molecule is NNc1nc(OC2CCOC2)cc(C(F)(F)F)n1. The minimum absolute atomic E-state index is 0.180. The summed E-state index contributed by atoms with van der Waals surface area (Å²) in [6.45, 7) is 0.848. The van der Waals surface area contributed by atoms with Gasteiger partial charge in [-0.05, 0) is 0 Å². The molecule has 3 N–H and O–H groups in total. The minimum Gasteiger partial charge on any atom is -0.472 e. The summed E-state index contributed by atoms with van der Waals surface area (Å²) in [7, 11) is 0. The number of ether oxygens (including phenoxy) is 2. The fraction of sp³-hybridized carbons (Fsp3) is 0.556. The highest BCUT2D eigenvalue weighted by Gasteiger charge is 2.34. The van der Waals surface area contributed by atoms with Gasteiger partial charge in [0.25, 0.3) is 0 Å². The van der Waals surface area contributed by atoms with Crippen LogP contribution in [0.25, 0.3) is 0 Å². The number of halogens is 3. The van der Waals surface area contributed by atoms with E-state index in [1.807, 2.05) is 5.43 Å². The fourth-order valence-electron chi connectivity index (χ4n) is 1.47. The van der Waals surface area contributed by atoms with Crippen LogP contribution in [0.5, 0.6) is 5.88 Å². The van der Waals surface area contributed by atoms with E-state index in [1.165, 1.54) is 0 Å². The third-order valence-corrected chi connectivity index (χ3v) is 2.30. The van der Waals surface area contributed by atoms with Gasteiger partial charge in [-0.3, -0.25) is 5.43 Å². The van der Waals surface area contributed by atoms with Gasteiger partial charge in [0.2, 0.25) is 11.8 Å². The second-order valence-corrected chi connectivity index (χ2v) is 3.66. The summed E-state index contributed by atoms with van der Waals surface area (Å²) in [5.41, 5.74) is 0.860. The predicted octanol–water partition coefficient (Wildman–Crippen LogP) is 0.949. The molecule has 2 rings (SSSR count). The molecule has 0 aliphatic carbocycles. The van der Waals surface area contributed by atoms with E-state index in [9.17, 15) is 13.2 Å². The van der Waals surface area contributed by atoms with E-state index in [0.717, 1.165) is 6.07 Å². The van der Waals surface area contributed by atoms with Crippen LogP contribution in [0.4, 0.5) is 19.1 Å². The number of aromatic nitrogens is 2. The van der Waals surface area contributed by atoms with Crippen molar-refractivity contribution >= 4 is 5.95 Å². The average Bonchev–Trinajstić information content (AvgIpc) is 2.80. The first-order valence-corrected chi connectivity index (χ1v) is 5.16. The molecule has 100 valence electrons. The van der Waals surface area contributed by atoms with Crippen LogP contribution in [0.1, 0.15) is 12.1 Å². The van der Waals surface area contributed by atoms with Crippen molar-refractivity contribution in [3.05, 3.63) is 11.8 Å². The van der Waals surface area contributed by atoms with Crippen LogP contribution in [0.15, 0.2) is 6.07 Å². The minimum atomic E-state index is -4.58. The molecule has 1 atom stereocenters. The summed E-state index contributed by atoms with van der Waals surface area (Å²) in [5, 5.41) is 0. The standard InChI is InChI=1S/C9H11F3N4O2/c10-9(11,12)6-3-7(15-8(14-6)16-13)18-5-1-2-17-4-5/h3,5H,1-2,4,13H2,(H,14,15,16). The van der Waals surface area contributed by atoms with Crippen LogP contribution in [0.2, 0.25) is 0 Å². The molecule has 0 amide bonds. The molecular weight excluding hydrogens is 253 g/mol. The molecule has 9 heteroatoms. The highest BCUT2D eigenvalue weighted by atomic mass is 19.4. The number of nitrogens with zero attached hydrogens (tertiary/aromatic N) is 2. The maximum Gasteiger partial charge on any atom is 0.433 e. The number of anilines is 1. The predicted molar refractivity (Wildman–Crippen MR) is 54.7 cm³/mol. The monoisotopic (exact) mass is 264 g/mol. The van der Waals surface area contributed by atoms with E-state index in [-0.39, 0.29) is 17.9 Å². The maximum atomic E-state index is 12.6. The van der Waals surface area contributed by atoms with Crippen molar-refractivity contribution in [1.29, 1.82) is 0 Å². The third kappa shape index (κ3) is 2.99. The summed E-state index contributed by atoms with van der Waals surface area (Å²) in [6.07, 6.45) is -4.28. The Kier molecular flexibility index (Phi) is 3.53. The number of hydrogen-bond acceptors (Lipinski definition) is 6. The molecule has 18 heavy (non-hydrogen) atoms. The van der Waals surface area contributed by atoms with E-state index in [2.05, 4.69) is 9.97 Å². The van der Waals surface area contributed by atoms with Crippen molar-refractivity contribution in [1.82, 2.24) is 9.97 Å². The van der Waals surface area contributed by atoms with Crippen molar-refractivity contribution in [3.63, 3.8) is 0 Å². The molecule has 1 saturated heterocycles. The van der Waals surface area contributed by atoms with Gasteiger partial charge in [0.05, 0.1) is 13.2 Å². The molecule has 0 spiro atoms. The van der Waals surface area contributed by atoms with Gasteiger partial charge in [0, 0.05) is 12.5 Å². The molecule has 1 fully saturated rings. The normalized spacial score (nSPS) is 19.9. The van der Waals surface area contributed by atoms with Gasteiger partial charge in [-0.25, -0.2) is 10.8 Å². The molecule has 1 aliphatic rings. The van der Waals surface area contributed by atoms with Gasteiger partial charge in [0.1, 0.15) is 6.10 Å². The third-order valence-electron chi connectivity index (χ3n) is 2.30. The maximum absolute atomic E-state index is 12.6. The second-order valence-electron chi connectivity index (χ2n) is 3.66. The zero-order valence-electron chi connectivity index (χ0n) is 9.20. The first kappa shape index (κ1) is 12.8. The topological polar surface area (TPSA) is 82.3 Å². The van der Waals surface area contributed by atoms with Gasteiger partial charge < -0.3 is 9.47 Å². The van der Waals surface area contributed by atoms with Crippen LogP contribution >= 0.6 is 0 Å². The Hall–Kier alpha value is -1.61. The zero-order chi connectivity index (χ0) is 13.2. The van der Waals surface area contributed by atoms with Crippen LogP contribution in [-0.2, 0) is 10.9 Å². The van der Waals surface area contributed by atoms with E-state index in [1.54, 1.807) is 0 Å². The number of nitrogen functional groups attached to an aromatic ring is 1. The van der Waals surface area contributed by atoms with Gasteiger partial charge >= 0.3 is 6.18 Å². The zero-order valence-corrected chi connectivity index (χ0v) is 9.20. The lowest BCUT2D eigenvalue weighted by Gasteiger charge is -2.13. The Bertz CT molecular complexity index is 421. The molecule has 1 aromatic heterocycles. The van der Waals surface area contributed by atoms with Crippen LogP contribution in [0.3, 0.4) is 0 Å². The lowest BCUT2D eigenvalue weighted by molar-refractivity contribution is -0.141. The Balaban J connectivity index is 2.23. The molecule has 1 aliphatic heterocycles. The Morgan fingerprint density at radius 2 is 2.22 bits per heavy atom. The summed E-state index contributed by atoms with van der Waals surface area (Å²) < 4.78 is 48.0. The van der Waals surface area contributed by atoms with E-state index >= 15 is 0 Å². The summed E-state index contributed by atoms with van der Waals surface area (Å²) in [5.74, 6) is 4.49. The molecule has 0 aromatic carbocycles.